The number of hydrogen-bond donors (Lipinski definition) is 1. The van der Waals surface area contributed by atoms with E-state index < -0.39 is 0 Å². The lowest BCUT2D eigenvalue weighted by Crippen LogP contribution is -2.34. The third-order valence-electron chi connectivity index (χ3n) is 3.85. The fourth-order valence-electron chi connectivity index (χ4n) is 2.75. The molecule has 0 aliphatic heterocycles. The lowest BCUT2D eigenvalue weighted by Gasteiger charge is -2.25. The Kier molecular flexibility index (Phi) is 3.74. The van der Waals surface area contributed by atoms with Crippen molar-refractivity contribution in [3.8, 4) is 5.75 Å². The van der Waals surface area contributed by atoms with Gasteiger partial charge in [-0.2, -0.15) is 0 Å². The second-order valence-corrected chi connectivity index (χ2v) is 5.32. The van der Waals surface area contributed by atoms with E-state index in [-0.39, 0.29) is 0 Å². The number of fused-ring (bicyclic) bond motifs is 1. The number of oxazole rings is 1. The summed E-state index contributed by atoms with van der Waals surface area (Å²) in [5, 5.41) is 3.53. The van der Waals surface area contributed by atoms with Crippen molar-refractivity contribution in [3.05, 3.63) is 47.2 Å². The summed E-state index contributed by atoms with van der Waals surface area (Å²) < 4.78 is 10.8. The van der Waals surface area contributed by atoms with Gasteiger partial charge in [0.15, 0.2) is 0 Å². The van der Waals surface area contributed by atoms with Gasteiger partial charge in [0, 0.05) is 6.04 Å². The van der Waals surface area contributed by atoms with Crippen LogP contribution in [-0.2, 0) is 19.4 Å². The van der Waals surface area contributed by atoms with E-state index in [2.05, 4.69) is 22.4 Å². The normalized spacial score (nSPS) is 17.8. The highest BCUT2D eigenvalue weighted by Crippen LogP contribution is 2.25. The molecule has 0 spiro atoms. The van der Waals surface area contributed by atoms with Crippen LogP contribution >= 0.6 is 0 Å². The van der Waals surface area contributed by atoms with Crippen LogP contribution in [0, 0.1) is 6.92 Å². The lowest BCUT2D eigenvalue weighted by molar-refractivity contribution is 0.395. The van der Waals surface area contributed by atoms with Crippen molar-refractivity contribution in [2.75, 3.05) is 7.11 Å². The predicted octanol–water partition coefficient (Wildman–Crippen LogP) is 2.64. The SMILES string of the molecule is COc1ccc2c(c1)CC(NCc1ncc(C)o1)CC2. The minimum atomic E-state index is 0.474. The van der Waals surface area contributed by atoms with Crippen LogP contribution in [0.4, 0.5) is 0 Å². The van der Waals surface area contributed by atoms with Crippen molar-refractivity contribution in [2.45, 2.75) is 38.8 Å². The highest BCUT2D eigenvalue weighted by atomic mass is 16.5. The first-order valence-corrected chi connectivity index (χ1v) is 7.05. The zero-order valence-electron chi connectivity index (χ0n) is 12.0. The minimum absolute atomic E-state index is 0.474. The number of aromatic nitrogens is 1. The first-order chi connectivity index (χ1) is 9.74. The molecular formula is C16H20N2O2. The molecule has 1 aromatic heterocycles. The summed E-state index contributed by atoms with van der Waals surface area (Å²) in [7, 11) is 1.71. The van der Waals surface area contributed by atoms with Gasteiger partial charge in [-0.3, -0.25) is 0 Å². The number of hydrogen-bond acceptors (Lipinski definition) is 4. The Morgan fingerprint density at radius 2 is 2.30 bits per heavy atom. The average Bonchev–Trinajstić information content (AvgIpc) is 2.90. The van der Waals surface area contributed by atoms with Crippen LogP contribution < -0.4 is 10.1 Å². The maximum absolute atomic E-state index is 5.49. The Morgan fingerprint density at radius 1 is 1.40 bits per heavy atom. The summed E-state index contributed by atoms with van der Waals surface area (Å²) in [6.07, 6.45) is 5.06. The van der Waals surface area contributed by atoms with Gasteiger partial charge >= 0.3 is 0 Å². The monoisotopic (exact) mass is 272 g/mol. The molecule has 0 bridgehead atoms. The van der Waals surface area contributed by atoms with Crippen LogP contribution in [0.1, 0.15) is 29.2 Å². The Bertz CT molecular complexity index is 592. The van der Waals surface area contributed by atoms with Gasteiger partial charge in [-0.25, -0.2) is 4.98 Å². The summed E-state index contributed by atoms with van der Waals surface area (Å²) in [6.45, 7) is 2.61. The summed E-state index contributed by atoms with van der Waals surface area (Å²) >= 11 is 0. The van der Waals surface area contributed by atoms with Gasteiger partial charge in [0.25, 0.3) is 0 Å². The Labute approximate surface area is 119 Å². The Hall–Kier alpha value is -1.81. The van der Waals surface area contributed by atoms with Gasteiger partial charge in [0.2, 0.25) is 5.89 Å². The molecule has 3 rings (SSSR count). The molecule has 0 fully saturated rings. The van der Waals surface area contributed by atoms with Crippen LogP contribution in [0.5, 0.6) is 5.75 Å². The highest BCUT2D eigenvalue weighted by molar-refractivity contribution is 5.37. The predicted molar refractivity (Wildman–Crippen MR) is 76.9 cm³/mol. The second-order valence-electron chi connectivity index (χ2n) is 5.32. The van der Waals surface area contributed by atoms with Crippen LogP contribution in [0.2, 0.25) is 0 Å². The van der Waals surface area contributed by atoms with Crippen molar-refractivity contribution in [2.24, 2.45) is 0 Å². The number of nitrogens with zero attached hydrogens (tertiary/aromatic N) is 1. The average molecular weight is 272 g/mol. The van der Waals surface area contributed by atoms with Crippen LogP contribution in [0.25, 0.3) is 0 Å². The second kappa shape index (κ2) is 5.67. The van der Waals surface area contributed by atoms with E-state index in [4.69, 9.17) is 9.15 Å². The smallest absolute Gasteiger partial charge is 0.208 e. The maximum Gasteiger partial charge on any atom is 0.208 e. The van der Waals surface area contributed by atoms with E-state index >= 15 is 0 Å². The molecule has 1 heterocycles. The van der Waals surface area contributed by atoms with Crippen molar-refractivity contribution in [1.82, 2.24) is 10.3 Å². The van der Waals surface area contributed by atoms with Crippen LogP contribution in [0.3, 0.4) is 0 Å². The molecule has 4 nitrogen and oxygen atoms in total. The Morgan fingerprint density at radius 3 is 3.05 bits per heavy atom. The number of rotatable bonds is 4. The third-order valence-corrected chi connectivity index (χ3v) is 3.85. The summed E-state index contributed by atoms with van der Waals surface area (Å²) in [5.74, 6) is 2.56. The standard InChI is InChI=1S/C16H20N2O2/c1-11-9-18-16(20-11)10-17-14-5-3-12-4-6-15(19-2)8-13(12)7-14/h4,6,8-9,14,17H,3,5,7,10H2,1-2H3. The largest absolute Gasteiger partial charge is 0.497 e. The van der Waals surface area contributed by atoms with Gasteiger partial charge < -0.3 is 14.5 Å². The van der Waals surface area contributed by atoms with Crippen molar-refractivity contribution in [3.63, 3.8) is 0 Å². The first kappa shape index (κ1) is 13.2. The van der Waals surface area contributed by atoms with E-state index in [0.717, 1.165) is 36.7 Å². The molecule has 1 aliphatic rings. The summed E-state index contributed by atoms with van der Waals surface area (Å²) in [5.41, 5.74) is 2.83. The third kappa shape index (κ3) is 2.85. The maximum atomic E-state index is 5.49. The number of benzene rings is 1. The van der Waals surface area contributed by atoms with E-state index in [0.29, 0.717) is 12.6 Å². The molecular weight excluding hydrogens is 252 g/mol. The number of methoxy groups -OCH3 is 1. The molecule has 0 radical (unpaired) electrons. The number of ether oxygens (including phenoxy) is 1. The molecule has 1 aliphatic carbocycles. The van der Waals surface area contributed by atoms with E-state index in [9.17, 15) is 0 Å². The van der Waals surface area contributed by atoms with Crippen LogP contribution in [0.15, 0.2) is 28.8 Å². The van der Waals surface area contributed by atoms with Gasteiger partial charge in [-0.15, -0.1) is 0 Å². The molecule has 0 saturated heterocycles. The fourth-order valence-corrected chi connectivity index (χ4v) is 2.75. The number of nitrogens with one attached hydrogen (secondary N) is 1. The molecule has 4 heteroatoms. The Balaban J connectivity index is 1.62. The molecule has 106 valence electrons. The zero-order chi connectivity index (χ0) is 13.9. The highest BCUT2D eigenvalue weighted by Gasteiger charge is 2.19. The molecule has 1 aromatic carbocycles. The van der Waals surface area contributed by atoms with E-state index in [1.807, 2.05) is 13.0 Å². The summed E-state index contributed by atoms with van der Waals surface area (Å²) in [6, 6.07) is 6.85. The fraction of sp³-hybridized carbons (Fsp3) is 0.438. The van der Waals surface area contributed by atoms with Crippen molar-refractivity contribution in [1.29, 1.82) is 0 Å². The molecule has 2 aromatic rings. The lowest BCUT2D eigenvalue weighted by atomic mass is 9.88. The first-order valence-electron chi connectivity index (χ1n) is 7.05. The molecule has 20 heavy (non-hydrogen) atoms. The molecule has 1 N–H and O–H groups in total. The topological polar surface area (TPSA) is 47.3 Å². The van der Waals surface area contributed by atoms with Crippen molar-refractivity contribution >= 4 is 0 Å². The molecule has 0 saturated carbocycles. The quantitative estimate of drug-likeness (QED) is 0.929. The zero-order valence-corrected chi connectivity index (χ0v) is 12.0. The van der Waals surface area contributed by atoms with E-state index in [1.54, 1.807) is 13.3 Å². The van der Waals surface area contributed by atoms with E-state index in [1.165, 1.54) is 11.1 Å². The van der Waals surface area contributed by atoms with Crippen molar-refractivity contribution < 1.29 is 9.15 Å². The minimum Gasteiger partial charge on any atom is -0.497 e. The van der Waals surface area contributed by atoms with Gasteiger partial charge in [-0.05, 0) is 49.4 Å². The van der Waals surface area contributed by atoms with Crippen LogP contribution in [-0.4, -0.2) is 18.1 Å². The van der Waals surface area contributed by atoms with Gasteiger partial charge in [-0.1, -0.05) is 6.07 Å². The number of aryl methyl sites for hydroxylation is 2. The molecule has 0 amide bonds. The van der Waals surface area contributed by atoms with Gasteiger partial charge in [0.1, 0.15) is 11.5 Å². The summed E-state index contributed by atoms with van der Waals surface area (Å²) in [4.78, 5) is 4.22. The molecule has 1 unspecified atom stereocenters. The molecule has 1 atom stereocenters. The van der Waals surface area contributed by atoms with Gasteiger partial charge in [0.05, 0.1) is 19.9 Å².